The summed E-state index contributed by atoms with van der Waals surface area (Å²) in [4.78, 5) is 0. The maximum absolute atomic E-state index is 12.6. The minimum absolute atomic E-state index is 0.569. The van der Waals surface area contributed by atoms with Crippen LogP contribution in [0.4, 0.5) is 4.39 Å². The molecule has 1 fully saturated rings. The minimum Gasteiger partial charge on any atom is -0.314 e. The summed E-state index contributed by atoms with van der Waals surface area (Å²) in [7, 11) is 0. The van der Waals surface area contributed by atoms with Crippen LogP contribution in [0.1, 0.15) is 25.7 Å². The molecule has 1 N–H and O–H groups in total. The van der Waals surface area contributed by atoms with Crippen LogP contribution in [0.2, 0.25) is 0 Å². The fourth-order valence-electron chi connectivity index (χ4n) is 1.15. The molecule has 0 aliphatic carbocycles. The molecule has 1 atom stereocenters. The Kier molecular flexibility index (Phi) is 2.98. The predicted octanol–water partition coefficient (Wildman–Crippen LogP) is 1.49. The largest absolute Gasteiger partial charge is 0.314 e. The first-order valence-corrected chi connectivity index (χ1v) is 3.74. The van der Waals surface area contributed by atoms with Gasteiger partial charge in [-0.3, -0.25) is 0 Å². The van der Waals surface area contributed by atoms with Gasteiger partial charge >= 0.3 is 0 Å². The first-order valence-electron chi connectivity index (χ1n) is 3.74. The summed E-state index contributed by atoms with van der Waals surface area (Å²) in [5, 5.41) is 3.06. The van der Waals surface area contributed by atoms with E-state index in [1.807, 2.05) is 0 Å². The van der Waals surface area contributed by atoms with Gasteiger partial charge in [-0.1, -0.05) is 12.8 Å². The Bertz CT molecular complexity index is 67.3. The summed E-state index contributed by atoms with van der Waals surface area (Å²) < 4.78 is 12.6. The normalized spacial score (nSPS) is 31.0. The van der Waals surface area contributed by atoms with E-state index in [1.165, 1.54) is 12.8 Å². The van der Waals surface area contributed by atoms with E-state index in [2.05, 4.69) is 5.32 Å². The molecular formula is C7H14FN. The summed E-state index contributed by atoms with van der Waals surface area (Å²) in [5.41, 5.74) is 0. The summed E-state index contributed by atoms with van der Waals surface area (Å²) in [6.45, 7) is 1.57. The Morgan fingerprint density at radius 3 is 3.00 bits per heavy atom. The standard InChI is InChI=1S/C7H14FN/c8-7-4-2-1-3-5-9-6-7/h7,9H,1-6H2. The molecule has 9 heavy (non-hydrogen) atoms. The van der Waals surface area contributed by atoms with E-state index < -0.39 is 6.17 Å². The van der Waals surface area contributed by atoms with Gasteiger partial charge in [0.1, 0.15) is 6.17 Å². The second-order valence-corrected chi connectivity index (χ2v) is 2.65. The van der Waals surface area contributed by atoms with Crippen molar-refractivity contribution in [3.05, 3.63) is 0 Å². The molecule has 0 aromatic rings. The summed E-state index contributed by atoms with van der Waals surface area (Å²) in [6.07, 6.45) is 3.64. The van der Waals surface area contributed by atoms with E-state index in [4.69, 9.17) is 0 Å². The average Bonchev–Trinajstić information content (AvgIpc) is 1.79. The van der Waals surface area contributed by atoms with Gasteiger partial charge in [-0.15, -0.1) is 0 Å². The van der Waals surface area contributed by atoms with Crippen molar-refractivity contribution in [2.24, 2.45) is 0 Å². The molecule has 2 heteroatoms. The third kappa shape index (κ3) is 2.80. The van der Waals surface area contributed by atoms with Crippen LogP contribution in [0.15, 0.2) is 0 Å². The summed E-state index contributed by atoms with van der Waals surface area (Å²) >= 11 is 0. The lowest BCUT2D eigenvalue weighted by Gasteiger charge is -2.12. The highest BCUT2D eigenvalue weighted by molar-refractivity contribution is 4.63. The van der Waals surface area contributed by atoms with Crippen molar-refractivity contribution in [3.8, 4) is 0 Å². The molecule has 0 spiro atoms. The summed E-state index contributed by atoms with van der Waals surface area (Å²) in [6, 6.07) is 0. The Balaban J connectivity index is 2.12. The van der Waals surface area contributed by atoms with Gasteiger partial charge in [0.05, 0.1) is 0 Å². The van der Waals surface area contributed by atoms with Crippen molar-refractivity contribution in [1.82, 2.24) is 5.32 Å². The number of nitrogens with one attached hydrogen (secondary N) is 1. The van der Waals surface area contributed by atoms with Gasteiger partial charge in [0.2, 0.25) is 0 Å². The molecule has 0 saturated carbocycles. The molecule has 0 amide bonds. The van der Waals surface area contributed by atoms with Crippen LogP contribution < -0.4 is 5.32 Å². The van der Waals surface area contributed by atoms with E-state index in [-0.39, 0.29) is 0 Å². The van der Waals surface area contributed by atoms with Gasteiger partial charge in [-0.05, 0) is 19.4 Å². The van der Waals surface area contributed by atoms with Crippen molar-refractivity contribution in [2.45, 2.75) is 31.9 Å². The van der Waals surface area contributed by atoms with Gasteiger partial charge < -0.3 is 5.32 Å². The molecule has 1 aliphatic heterocycles. The molecule has 1 unspecified atom stereocenters. The minimum atomic E-state index is -0.592. The zero-order valence-electron chi connectivity index (χ0n) is 5.70. The van der Waals surface area contributed by atoms with Crippen LogP contribution in [-0.2, 0) is 0 Å². The fraction of sp³-hybridized carbons (Fsp3) is 1.00. The quantitative estimate of drug-likeness (QED) is 0.525. The van der Waals surface area contributed by atoms with E-state index >= 15 is 0 Å². The lowest BCUT2D eigenvalue weighted by Crippen LogP contribution is -2.26. The fourth-order valence-corrected chi connectivity index (χ4v) is 1.15. The number of rotatable bonds is 0. The molecular weight excluding hydrogens is 117 g/mol. The first-order chi connectivity index (χ1) is 4.39. The van der Waals surface area contributed by atoms with Crippen LogP contribution in [-0.4, -0.2) is 19.3 Å². The highest BCUT2D eigenvalue weighted by Crippen LogP contribution is 2.07. The zero-order valence-corrected chi connectivity index (χ0v) is 5.70. The second-order valence-electron chi connectivity index (χ2n) is 2.65. The smallest absolute Gasteiger partial charge is 0.112 e. The van der Waals surface area contributed by atoms with Crippen molar-refractivity contribution < 1.29 is 4.39 Å². The van der Waals surface area contributed by atoms with Crippen molar-refractivity contribution in [3.63, 3.8) is 0 Å². The van der Waals surface area contributed by atoms with Crippen molar-refractivity contribution in [2.75, 3.05) is 13.1 Å². The maximum atomic E-state index is 12.6. The number of hydrogen-bond acceptors (Lipinski definition) is 1. The Labute approximate surface area is 55.6 Å². The van der Waals surface area contributed by atoms with Crippen LogP contribution in [0, 0.1) is 0 Å². The van der Waals surface area contributed by atoms with Crippen molar-refractivity contribution in [1.29, 1.82) is 0 Å². The van der Waals surface area contributed by atoms with E-state index in [9.17, 15) is 4.39 Å². The van der Waals surface area contributed by atoms with Gasteiger partial charge in [-0.2, -0.15) is 0 Å². The molecule has 0 radical (unpaired) electrons. The molecule has 1 nitrogen and oxygen atoms in total. The maximum Gasteiger partial charge on any atom is 0.112 e. The average molecular weight is 131 g/mol. The highest BCUT2D eigenvalue weighted by atomic mass is 19.1. The molecule has 1 heterocycles. The zero-order chi connectivity index (χ0) is 6.53. The van der Waals surface area contributed by atoms with Crippen molar-refractivity contribution >= 4 is 0 Å². The van der Waals surface area contributed by atoms with Gasteiger partial charge in [-0.25, -0.2) is 4.39 Å². The third-order valence-corrected chi connectivity index (χ3v) is 1.74. The SMILES string of the molecule is FC1CCCCCNC1. The van der Waals surface area contributed by atoms with Crippen LogP contribution >= 0.6 is 0 Å². The van der Waals surface area contributed by atoms with Gasteiger partial charge in [0.25, 0.3) is 0 Å². The molecule has 1 aliphatic rings. The molecule has 54 valence electrons. The Morgan fingerprint density at radius 2 is 2.11 bits per heavy atom. The summed E-state index contributed by atoms with van der Waals surface area (Å²) in [5.74, 6) is 0. The number of alkyl halides is 1. The van der Waals surface area contributed by atoms with Crippen LogP contribution in [0.25, 0.3) is 0 Å². The second kappa shape index (κ2) is 3.83. The van der Waals surface area contributed by atoms with E-state index in [1.54, 1.807) is 0 Å². The number of hydrogen-bond donors (Lipinski definition) is 1. The Hall–Kier alpha value is -0.110. The predicted molar refractivity (Wildman–Crippen MR) is 36.2 cm³/mol. The van der Waals surface area contributed by atoms with Crippen LogP contribution in [0.5, 0.6) is 0 Å². The third-order valence-electron chi connectivity index (χ3n) is 1.74. The lowest BCUT2D eigenvalue weighted by molar-refractivity contribution is 0.281. The molecule has 0 aromatic heterocycles. The van der Waals surface area contributed by atoms with Gasteiger partial charge in [0, 0.05) is 6.54 Å². The first kappa shape index (κ1) is 7.00. The molecule has 0 bridgehead atoms. The molecule has 0 aromatic carbocycles. The Morgan fingerprint density at radius 1 is 1.22 bits per heavy atom. The highest BCUT2D eigenvalue weighted by Gasteiger charge is 2.07. The number of halogens is 1. The molecule has 1 rings (SSSR count). The van der Waals surface area contributed by atoms with E-state index in [0.29, 0.717) is 6.54 Å². The monoisotopic (exact) mass is 131 g/mol. The van der Waals surface area contributed by atoms with Gasteiger partial charge in [0.15, 0.2) is 0 Å². The lowest BCUT2D eigenvalue weighted by atomic mass is 10.1. The van der Waals surface area contributed by atoms with E-state index in [0.717, 1.165) is 19.4 Å². The van der Waals surface area contributed by atoms with Crippen LogP contribution in [0.3, 0.4) is 0 Å². The topological polar surface area (TPSA) is 12.0 Å². The molecule has 1 saturated heterocycles.